The van der Waals surface area contributed by atoms with E-state index in [0.29, 0.717) is 17.5 Å². The molecule has 0 bridgehead atoms. The van der Waals surface area contributed by atoms with Crippen LogP contribution < -0.4 is 10.6 Å². The van der Waals surface area contributed by atoms with Gasteiger partial charge in [0.15, 0.2) is 0 Å². The van der Waals surface area contributed by atoms with Crippen LogP contribution in [0.2, 0.25) is 0 Å². The molecule has 1 aromatic carbocycles. The molecule has 0 saturated carbocycles. The van der Waals surface area contributed by atoms with Crippen molar-refractivity contribution < 1.29 is 4.52 Å². The smallest absolute Gasteiger partial charge is 0.266 e. The maximum atomic E-state index is 5.83. The zero-order valence-electron chi connectivity index (χ0n) is 11.8. The number of hydrogen-bond donors (Lipinski definition) is 1. The molecule has 0 aliphatic carbocycles. The van der Waals surface area contributed by atoms with Gasteiger partial charge in [0, 0.05) is 24.3 Å². The highest BCUT2D eigenvalue weighted by Crippen LogP contribution is 2.26. The van der Waals surface area contributed by atoms with E-state index in [-0.39, 0.29) is 0 Å². The highest BCUT2D eigenvalue weighted by atomic mass is 16.5. The number of benzene rings is 1. The molecule has 1 fully saturated rings. The van der Waals surface area contributed by atoms with Crippen LogP contribution in [0.1, 0.15) is 31.2 Å². The Morgan fingerprint density at radius 2 is 1.90 bits per heavy atom. The number of nitrogens with zero attached hydrogens (tertiary/aromatic N) is 3. The normalized spacial score (nSPS) is 16.1. The van der Waals surface area contributed by atoms with Gasteiger partial charge in [-0.25, -0.2) is 0 Å². The van der Waals surface area contributed by atoms with Gasteiger partial charge in [-0.2, -0.15) is 4.98 Å². The Kier molecular flexibility index (Phi) is 3.58. The summed E-state index contributed by atoms with van der Waals surface area (Å²) in [5.41, 5.74) is 8.55. The standard InChI is InChI=1S/C15H20N4O/c1-11-6-7-12(16)10-13(11)14-17-15(18-20-14)19-8-4-2-3-5-9-19/h6-7,10H,2-5,8-9,16H2,1H3. The second kappa shape index (κ2) is 5.53. The lowest BCUT2D eigenvalue weighted by Gasteiger charge is -2.16. The van der Waals surface area contributed by atoms with Crippen molar-refractivity contribution in [1.82, 2.24) is 10.1 Å². The first kappa shape index (κ1) is 13.0. The van der Waals surface area contributed by atoms with Crippen molar-refractivity contribution in [2.24, 2.45) is 0 Å². The number of rotatable bonds is 2. The highest BCUT2D eigenvalue weighted by Gasteiger charge is 2.17. The first-order valence-electron chi connectivity index (χ1n) is 7.19. The van der Waals surface area contributed by atoms with E-state index in [4.69, 9.17) is 10.3 Å². The van der Waals surface area contributed by atoms with Crippen molar-refractivity contribution in [2.45, 2.75) is 32.6 Å². The van der Waals surface area contributed by atoms with E-state index in [9.17, 15) is 0 Å². The summed E-state index contributed by atoms with van der Waals surface area (Å²) < 4.78 is 5.42. The summed E-state index contributed by atoms with van der Waals surface area (Å²) in [6.07, 6.45) is 4.97. The van der Waals surface area contributed by atoms with Crippen LogP contribution in [0, 0.1) is 6.92 Å². The van der Waals surface area contributed by atoms with Crippen LogP contribution in [0.25, 0.3) is 11.5 Å². The quantitative estimate of drug-likeness (QED) is 0.851. The number of aryl methyl sites for hydroxylation is 1. The lowest BCUT2D eigenvalue weighted by Crippen LogP contribution is -2.24. The Hall–Kier alpha value is -2.04. The summed E-state index contributed by atoms with van der Waals surface area (Å²) in [7, 11) is 0. The SMILES string of the molecule is Cc1ccc(N)cc1-c1nc(N2CCCCCC2)no1. The number of nitrogen functional groups attached to an aromatic ring is 1. The van der Waals surface area contributed by atoms with E-state index in [0.717, 1.165) is 24.2 Å². The van der Waals surface area contributed by atoms with E-state index in [1.807, 2.05) is 25.1 Å². The first-order valence-corrected chi connectivity index (χ1v) is 7.19. The predicted molar refractivity (Wildman–Crippen MR) is 79.6 cm³/mol. The van der Waals surface area contributed by atoms with Gasteiger partial charge in [0.25, 0.3) is 11.8 Å². The van der Waals surface area contributed by atoms with Gasteiger partial charge in [-0.1, -0.05) is 18.9 Å². The lowest BCUT2D eigenvalue weighted by molar-refractivity contribution is 0.429. The number of hydrogen-bond acceptors (Lipinski definition) is 5. The zero-order chi connectivity index (χ0) is 13.9. The molecule has 0 unspecified atom stereocenters. The molecule has 1 aliphatic rings. The Morgan fingerprint density at radius 1 is 1.15 bits per heavy atom. The lowest BCUT2D eigenvalue weighted by atomic mass is 10.1. The van der Waals surface area contributed by atoms with Crippen molar-refractivity contribution in [3.63, 3.8) is 0 Å². The molecule has 1 saturated heterocycles. The van der Waals surface area contributed by atoms with Gasteiger partial charge in [0.05, 0.1) is 0 Å². The van der Waals surface area contributed by atoms with Crippen LogP contribution in [-0.4, -0.2) is 23.2 Å². The van der Waals surface area contributed by atoms with Crippen molar-refractivity contribution in [1.29, 1.82) is 0 Å². The summed E-state index contributed by atoms with van der Waals surface area (Å²) in [5, 5.41) is 4.13. The van der Waals surface area contributed by atoms with Crippen molar-refractivity contribution in [3.05, 3.63) is 23.8 Å². The van der Waals surface area contributed by atoms with Gasteiger partial charge >= 0.3 is 0 Å². The summed E-state index contributed by atoms with van der Waals surface area (Å²) in [4.78, 5) is 6.75. The van der Waals surface area contributed by atoms with Crippen LogP contribution in [0.3, 0.4) is 0 Å². The molecular formula is C15H20N4O. The minimum Gasteiger partial charge on any atom is -0.399 e. The third kappa shape index (κ3) is 2.61. The van der Waals surface area contributed by atoms with Crippen LogP contribution in [-0.2, 0) is 0 Å². The van der Waals surface area contributed by atoms with Gasteiger partial charge < -0.3 is 15.2 Å². The number of aromatic nitrogens is 2. The van der Waals surface area contributed by atoms with E-state index in [1.54, 1.807) is 0 Å². The Balaban J connectivity index is 1.87. The van der Waals surface area contributed by atoms with Gasteiger partial charge in [-0.3, -0.25) is 0 Å². The molecule has 5 nitrogen and oxygen atoms in total. The van der Waals surface area contributed by atoms with Crippen molar-refractivity contribution in [2.75, 3.05) is 23.7 Å². The van der Waals surface area contributed by atoms with E-state index >= 15 is 0 Å². The third-order valence-corrected chi connectivity index (χ3v) is 3.80. The predicted octanol–water partition coefficient (Wildman–Crippen LogP) is 3.01. The number of nitrogens with two attached hydrogens (primary N) is 1. The molecule has 3 rings (SSSR count). The average Bonchev–Trinajstić information content (AvgIpc) is 2.77. The Labute approximate surface area is 118 Å². The number of anilines is 2. The maximum absolute atomic E-state index is 5.83. The molecule has 0 radical (unpaired) electrons. The van der Waals surface area contributed by atoms with Crippen LogP contribution >= 0.6 is 0 Å². The molecule has 20 heavy (non-hydrogen) atoms. The third-order valence-electron chi connectivity index (χ3n) is 3.80. The summed E-state index contributed by atoms with van der Waals surface area (Å²) in [6.45, 7) is 4.04. The van der Waals surface area contributed by atoms with E-state index < -0.39 is 0 Å². The minimum atomic E-state index is 0.550. The molecule has 0 spiro atoms. The maximum Gasteiger partial charge on any atom is 0.266 e. The Morgan fingerprint density at radius 3 is 2.65 bits per heavy atom. The fourth-order valence-corrected chi connectivity index (χ4v) is 2.59. The van der Waals surface area contributed by atoms with Crippen molar-refractivity contribution in [3.8, 4) is 11.5 Å². The highest BCUT2D eigenvalue weighted by molar-refractivity contribution is 5.64. The molecule has 2 aromatic rings. The minimum absolute atomic E-state index is 0.550. The van der Waals surface area contributed by atoms with Gasteiger partial charge in [-0.15, -0.1) is 0 Å². The summed E-state index contributed by atoms with van der Waals surface area (Å²) in [6, 6.07) is 5.74. The van der Waals surface area contributed by atoms with Crippen LogP contribution in [0.15, 0.2) is 22.7 Å². The fraction of sp³-hybridized carbons (Fsp3) is 0.467. The molecule has 0 atom stereocenters. The molecular weight excluding hydrogens is 252 g/mol. The molecule has 2 N–H and O–H groups in total. The molecule has 5 heteroatoms. The molecule has 1 aromatic heterocycles. The van der Waals surface area contributed by atoms with Gasteiger partial charge in [0.2, 0.25) is 0 Å². The van der Waals surface area contributed by atoms with E-state index in [2.05, 4.69) is 15.0 Å². The van der Waals surface area contributed by atoms with Gasteiger partial charge in [0.1, 0.15) is 0 Å². The summed E-state index contributed by atoms with van der Waals surface area (Å²) in [5.74, 6) is 1.25. The molecule has 0 amide bonds. The van der Waals surface area contributed by atoms with Crippen LogP contribution in [0.5, 0.6) is 0 Å². The fourth-order valence-electron chi connectivity index (χ4n) is 2.59. The molecule has 1 aliphatic heterocycles. The van der Waals surface area contributed by atoms with E-state index in [1.165, 1.54) is 25.7 Å². The topological polar surface area (TPSA) is 68.2 Å². The Bertz CT molecular complexity index is 585. The average molecular weight is 272 g/mol. The van der Waals surface area contributed by atoms with Crippen LogP contribution in [0.4, 0.5) is 11.6 Å². The monoisotopic (exact) mass is 272 g/mol. The first-order chi connectivity index (χ1) is 9.74. The second-order valence-electron chi connectivity index (χ2n) is 5.38. The largest absolute Gasteiger partial charge is 0.399 e. The molecule has 2 heterocycles. The van der Waals surface area contributed by atoms with Gasteiger partial charge in [-0.05, 0) is 42.6 Å². The molecule has 106 valence electrons. The summed E-state index contributed by atoms with van der Waals surface area (Å²) >= 11 is 0. The van der Waals surface area contributed by atoms with Crippen molar-refractivity contribution >= 4 is 11.6 Å². The zero-order valence-corrected chi connectivity index (χ0v) is 11.8. The second-order valence-corrected chi connectivity index (χ2v) is 5.38.